The molecular formula is C33H46N4O4. The Morgan fingerprint density at radius 3 is 2.15 bits per heavy atom. The van der Waals surface area contributed by atoms with E-state index >= 15 is 0 Å². The summed E-state index contributed by atoms with van der Waals surface area (Å²) >= 11 is 0. The van der Waals surface area contributed by atoms with E-state index in [9.17, 15) is 14.4 Å². The van der Waals surface area contributed by atoms with Gasteiger partial charge in [0.1, 0.15) is 12.0 Å². The molecule has 0 radical (unpaired) electrons. The smallest absolute Gasteiger partial charge is 0.277 e. The van der Waals surface area contributed by atoms with Crippen LogP contribution >= 0.6 is 0 Å². The van der Waals surface area contributed by atoms with Gasteiger partial charge in [-0.25, -0.2) is 4.98 Å². The number of benzene rings is 1. The lowest BCUT2D eigenvalue weighted by atomic mass is 9.72. The molecule has 1 aromatic heterocycles. The molecule has 8 heteroatoms. The number of para-hydroxylation sites is 2. The number of aliphatic hydroxyl groups is 1. The number of fused-ring (bicyclic) bond motifs is 5. The SMILES string of the molecule is C/C(C=O)=C\C(=C/NC=O)c1nc2ccccc2n(C2CC3CCCC(C2)N3)c1=O.C1CC2CCCC(C1)C2.CO. The molecule has 2 aliphatic heterocycles. The lowest BCUT2D eigenvalue weighted by molar-refractivity contribution is -0.108. The maximum Gasteiger partial charge on any atom is 0.277 e. The Kier molecular flexibility index (Phi) is 11.5. The number of hydrogen-bond donors (Lipinski definition) is 3. The average molecular weight is 563 g/mol. The van der Waals surface area contributed by atoms with Crippen LogP contribution in [-0.2, 0) is 9.59 Å². The minimum atomic E-state index is -0.201. The maximum absolute atomic E-state index is 13.7. The molecule has 3 N–H and O–H groups in total. The van der Waals surface area contributed by atoms with E-state index in [0.29, 0.717) is 41.4 Å². The lowest BCUT2D eigenvalue weighted by Gasteiger charge is -2.41. The van der Waals surface area contributed by atoms with E-state index < -0.39 is 0 Å². The van der Waals surface area contributed by atoms with E-state index in [1.54, 1.807) is 45.1 Å². The summed E-state index contributed by atoms with van der Waals surface area (Å²) in [4.78, 5) is 40.3. The first-order valence-corrected chi connectivity index (χ1v) is 15.3. The van der Waals surface area contributed by atoms with Crippen molar-refractivity contribution in [3.63, 3.8) is 0 Å². The van der Waals surface area contributed by atoms with Crippen molar-refractivity contribution in [1.29, 1.82) is 0 Å². The summed E-state index contributed by atoms with van der Waals surface area (Å²) in [5.74, 6) is 2.30. The Hall–Kier alpha value is -3.10. The standard InChI is InChI=1S/C23H26N4O3.C9H16.CH4O/c1-15(13-28)9-16(12-24-14-29)22-23(30)27(21-8-3-2-7-20(21)26-22)19-10-17-5-4-6-18(11-19)25-17;1-3-8-5-2-6-9(4-1)7-8;1-2/h2-3,7-9,12-14,17-19,25H,4-6,10-11H2,1H3,(H,24,29);8-9H,1-7H2;2H,1H3/b15-9+,16-12+;;. The fourth-order valence-corrected chi connectivity index (χ4v) is 7.35. The molecule has 222 valence electrons. The van der Waals surface area contributed by atoms with Gasteiger partial charge in [0.2, 0.25) is 6.41 Å². The van der Waals surface area contributed by atoms with E-state index in [-0.39, 0.29) is 17.3 Å². The van der Waals surface area contributed by atoms with Gasteiger partial charge in [-0.15, -0.1) is 0 Å². The Labute approximate surface area is 243 Å². The van der Waals surface area contributed by atoms with Crippen molar-refractivity contribution in [3.05, 3.63) is 58.2 Å². The minimum absolute atomic E-state index is 0.0807. The Bertz CT molecular complexity index is 1270. The van der Waals surface area contributed by atoms with Crippen molar-refractivity contribution < 1.29 is 14.7 Å². The number of carbonyl (C=O) groups excluding carboxylic acids is 2. The molecule has 2 saturated carbocycles. The first-order valence-electron chi connectivity index (χ1n) is 15.3. The van der Waals surface area contributed by atoms with Gasteiger partial charge < -0.3 is 20.3 Å². The van der Waals surface area contributed by atoms with Crippen LogP contribution in [0.5, 0.6) is 0 Å². The van der Waals surface area contributed by atoms with Crippen LogP contribution in [0, 0.1) is 11.8 Å². The zero-order valence-electron chi connectivity index (χ0n) is 24.6. The second-order valence-corrected chi connectivity index (χ2v) is 12.0. The number of aldehydes is 1. The predicted molar refractivity (Wildman–Crippen MR) is 163 cm³/mol. The largest absolute Gasteiger partial charge is 0.400 e. The molecule has 2 aromatic rings. The number of nitrogens with zero attached hydrogens (tertiary/aromatic N) is 2. The highest BCUT2D eigenvalue weighted by atomic mass is 16.2. The monoisotopic (exact) mass is 562 g/mol. The maximum atomic E-state index is 13.7. The summed E-state index contributed by atoms with van der Waals surface area (Å²) in [6.07, 6.45) is 20.4. The molecule has 2 aliphatic carbocycles. The molecule has 8 nitrogen and oxygen atoms in total. The molecule has 4 fully saturated rings. The zero-order chi connectivity index (χ0) is 29.2. The second kappa shape index (κ2) is 15.2. The summed E-state index contributed by atoms with van der Waals surface area (Å²) < 4.78 is 1.88. The molecule has 2 unspecified atom stereocenters. The second-order valence-electron chi connectivity index (χ2n) is 12.0. The van der Waals surface area contributed by atoms with Gasteiger partial charge in [-0.3, -0.25) is 14.4 Å². The molecule has 4 aliphatic rings. The number of hydrogen-bond acceptors (Lipinski definition) is 6. The Morgan fingerprint density at radius 1 is 0.951 bits per heavy atom. The topological polar surface area (TPSA) is 113 Å². The molecule has 2 atom stereocenters. The quantitative estimate of drug-likeness (QED) is 0.258. The molecule has 41 heavy (non-hydrogen) atoms. The van der Waals surface area contributed by atoms with E-state index in [4.69, 9.17) is 5.11 Å². The van der Waals surface area contributed by atoms with Gasteiger partial charge in [-0.1, -0.05) is 57.1 Å². The van der Waals surface area contributed by atoms with E-state index in [1.165, 1.54) is 25.5 Å². The van der Waals surface area contributed by atoms with Crippen molar-refractivity contribution in [1.82, 2.24) is 20.2 Å². The number of rotatable bonds is 6. The number of piperidine rings is 2. The Balaban J connectivity index is 0.000000294. The fourth-order valence-electron chi connectivity index (χ4n) is 7.35. The number of aromatic nitrogens is 2. The molecular weight excluding hydrogens is 516 g/mol. The van der Waals surface area contributed by atoms with Crippen LogP contribution in [0.1, 0.15) is 95.7 Å². The number of aliphatic hydroxyl groups excluding tert-OH is 1. The van der Waals surface area contributed by atoms with Crippen LogP contribution in [0.15, 0.2) is 46.9 Å². The van der Waals surface area contributed by atoms with Gasteiger partial charge in [0.05, 0.1) is 11.0 Å². The first kappa shape index (κ1) is 30.8. The third-order valence-corrected chi connectivity index (χ3v) is 9.12. The molecule has 2 saturated heterocycles. The number of nitrogens with one attached hydrogen (secondary N) is 2. The van der Waals surface area contributed by atoms with Crippen molar-refractivity contribution in [2.45, 2.75) is 102 Å². The van der Waals surface area contributed by atoms with Crippen molar-refractivity contribution in [2.24, 2.45) is 11.8 Å². The minimum Gasteiger partial charge on any atom is -0.400 e. The molecule has 6 rings (SSSR count). The van der Waals surface area contributed by atoms with Crippen LogP contribution in [0.4, 0.5) is 0 Å². The highest BCUT2D eigenvalue weighted by Gasteiger charge is 2.33. The van der Waals surface area contributed by atoms with Crippen molar-refractivity contribution in [3.8, 4) is 0 Å². The average Bonchev–Trinajstić information content (AvgIpc) is 3.00. The van der Waals surface area contributed by atoms with Crippen LogP contribution in [0.25, 0.3) is 16.6 Å². The van der Waals surface area contributed by atoms with Crippen molar-refractivity contribution in [2.75, 3.05) is 7.11 Å². The first-order chi connectivity index (χ1) is 20.1. The molecule has 1 aromatic carbocycles. The third-order valence-electron chi connectivity index (χ3n) is 9.12. The number of amides is 1. The highest BCUT2D eigenvalue weighted by Crippen LogP contribution is 2.39. The zero-order valence-corrected chi connectivity index (χ0v) is 24.6. The van der Waals surface area contributed by atoms with Gasteiger partial charge >= 0.3 is 0 Å². The van der Waals surface area contributed by atoms with E-state index in [1.807, 2.05) is 28.8 Å². The fraction of sp³-hybridized carbons (Fsp3) is 0.576. The van der Waals surface area contributed by atoms with E-state index in [0.717, 1.165) is 50.1 Å². The summed E-state index contributed by atoms with van der Waals surface area (Å²) in [5, 5.41) is 13.2. The van der Waals surface area contributed by atoms with Gasteiger partial charge in [0.25, 0.3) is 5.56 Å². The van der Waals surface area contributed by atoms with Crippen LogP contribution in [0.2, 0.25) is 0 Å². The van der Waals surface area contributed by atoms with E-state index in [2.05, 4.69) is 15.6 Å². The van der Waals surface area contributed by atoms with Crippen molar-refractivity contribution >= 4 is 29.3 Å². The third kappa shape index (κ3) is 7.80. The normalized spacial score (nSPS) is 27.4. The number of allylic oxidation sites excluding steroid dienone is 3. The van der Waals surface area contributed by atoms with Gasteiger partial charge in [0.15, 0.2) is 0 Å². The Morgan fingerprint density at radius 2 is 1.56 bits per heavy atom. The van der Waals surface area contributed by atoms with Crippen LogP contribution in [0.3, 0.4) is 0 Å². The highest BCUT2D eigenvalue weighted by molar-refractivity contribution is 5.84. The molecule has 0 spiro atoms. The lowest BCUT2D eigenvalue weighted by Crippen LogP contribution is -2.50. The number of carbonyl (C=O) groups is 2. The molecule has 1 amide bonds. The molecule has 3 heterocycles. The summed E-state index contributed by atoms with van der Waals surface area (Å²) in [7, 11) is 1.00. The van der Waals surface area contributed by atoms with Gasteiger partial charge in [0, 0.05) is 37.0 Å². The predicted octanol–water partition coefficient (Wildman–Crippen LogP) is 5.06. The molecule has 4 bridgehead atoms. The summed E-state index contributed by atoms with van der Waals surface area (Å²) in [6.45, 7) is 1.65. The summed E-state index contributed by atoms with van der Waals surface area (Å²) in [6, 6.07) is 8.57. The van der Waals surface area contributed by atoms with Crippen LogP contribution < -0.4 is 16.2 Å². The van der Waals surface area contributed by atoms with Gasteiger partial charge in [-0.2, -0.15) is 0 Å². The van der Waals surface area contributed by atoms with Crippen LogP contribution in [-0.4, -0.2) is 46.5 Å². The van der Waals surface area contributed by atoms with Gasteiger partial charge in [-0.05, 0) is 74.6 Å². The summed E-state index contributed by atoms with van der Waals surface area (Å²) in [5.41, 5.74) is 2.40.